The Morgan fingerprint density at radius 3 is 2.93 bits per heavy atom. The number of carbonyl (C=O) groups excluding carboxylic acids is 1. The molecule has 0 saturated carbocycles. The maximum Gasteiger partial charge on any atom is 0.180 e. The number of thiazole rings is 1. The van der Waals surface area contributed by atoms with E-state index in [1.807, 2.05) is 0 Å². The van der Waals surface area contributed by atoms with Crippen molar-refractivity contribution in [3.05, 3.63) is 11.1 Å². The molecule has 76 valence electrons. The minimum absolute atomic E-state index is 0.482. The Kier molecular flexibility index (Phi) is 3.19. The van der Waals surface area contributed by atoms with Gasteiger partial charge in [0.2, 0.25) is 0 Å². The fourth-order valence-corrected chi connectivity index (χ4v) is 1.52. The molecule has 1 aromatic rings. The number of nitrogens with zero attached hydrogens (tertiary/aromatic N) is 2. The molecule has 0 atom stereocenters. The highest BCUT2D eigenvalue weighted by Crippen LogP contribution is 2.26. The van der Waals surface area contributed by atoms with Gasteiger partial charge in [-0.1, -0.05) is 5.16 Å². The number of aromatic nitrogens is 1. The number of rotatable bonds is 4. The molecule has 0 amide bonds. The molecule has 0 fully saturated rings. The molecule has 2 N–H and O–H groups in total. The van der Waals surface area contributed by atoms with Crippen molar-refractivity contribution >= 4 is 29.0 Å². The normalized spacial score (nSPS) is 11.9. The Labute approximate surface area is 85.6 Å². The minimum atomic E-state index is -0.673. The molecular weight excluding hydrogens is 202 g/mol. The number of oxime groups is 1. The molecule has 1 rings (SSSR count). The van der Waals surface area contributed by atoms with Crippen LogP contribution < -0.4 is 5.73 Å². The van der Waals surface area contributed by atoms with Gasteiger partial charge in [0, 0.05) is 5.38 Å². The second-order valence-electron chi connectivity index (χ2n) is 3.06. The summed E-state index contributed by atoms with van der Waals surface area (Å²) in [5, 5.41) is 5.76. The van der Waals surface area contributed by atoms with Crippen LogP contribution in [-0.4, -0.2) is 17.5 Å². The molecule has 0 aromatic carbocycles. The van der Waals surface area contributed by atoms with E-state index in [0.717, 1.165) is 6.21 Å². The van der Waals surface area contributed by atoms with E-state index in [0.29, 0.717) is 17.1 Å². The van der Waals surface area contributed by atoms with Crippen LogP contribution in [-0.2, 0) is 15.2 Å². The number of nitrogens with two attached hydrogens (primary N) is 1. The van der Waals surface area contributed by atoms with Crippen LogP contribution in [0.25, 0.3) is 0 Å². The van der Waals surface area contributed by atoms with E-state index in [2.05, 4.69) is 10.1 Å². The number of nitrogen functional groups attached to an aromatic ring is 1. The van der Waals surface area contributed by atoms with E-state index in [1.165, 1.54) is 11.3 Å². The van der Waals surface area contributed by atoms with E-state index in [-0.39, 0.29) is 0 Å². The lowest BCUT2D eigenvalue weighted by atomic mass is 10.1. The van der Waals surface area contributed by atoms with E-state index in [9.17, 15) is 4.79 Å². The summed E-state index contributed by atoms with van der Waals surface area (Å²) < 4.78 is 0. The fourth-order valence-electron chi connectivity index (χ4n) is 0.798. The first-order valence-electron chi connectivity index (χ1n) is 3.93. The van der Waals surface area contributed by atoms with Gasteiger partial charge in [0.25, 0.3) is 0 Å². The third kappa shape index (κ3) is 2.53. The average Bonchev–Trinajstić information content (AvgIpc) is 2.53. The second kappa shape index (κ2) is 4.19. The SMILES string of the molecule is CC(C)(ON=CC=O)c1csc(N)n1. The number of hydrogen-bond donors (Lipinski definition) is 1. The van der Waals surface area contributed by atoms with Gasteiger partial charge in [-0.25, -0.2) is 4.98 Å². The molecule has 0 radical (unpaired) electrons. The van der Waals surface area contributed by atoms with Gasteiger partial charge in [0.15, 0.2) is 17.0 Å². The first-order chi connectivity index (χ1) is 6.56. The third-order valence-electron chi connectivity index (χ3n) is 1.54. The summed E-state index contributed by atoms with van der Waals surface area (Å²) >= 11 is 1.34. The predicted molar refractivity (Wildman–Crippen MR) is 55.2 cm³/mol. The van der Waals surface area contributed by atoms with E-state index in [4.69, 9.17) is 10.6 Å². The molecule has 5 nitrogen and oxygen atoms in total. The lowest BCUT2D eigenvalue weighted by Gasteiger charge is -2.19. The van der Waals surface area contributed by atoms with Crippen molar-refractivity contribution in [3.8, 4) is 0 Å². The van der Waals surface area contributed by atoms with Crippen LogP contribution in [0, 0.1) is 0 Å². The summed E-state index contributed by atoms with van der Waals surface area (Å²) in [6.07, 6.45) is 1.59. The van der Waals surface area contributed by atoms with Gasteiger partial charge in [-0.3, -0.25) is 4.79 Å². The lowest BCUT2D eigenvalue weighted by Crippen LogP contribution is -2.19. The summed E-state index contributed by atoms with van der Waals surface area (Å²) in [6, 6.07) is 0. The maximum atomic E-state index is 9.97. The molecule has 6 heteroatoms. The molecule has 0 aliphatic carbocycles. The Morgan fingerprint density at radius 1 is 1.71 bits per heavy atom. The van der Waals surface area contributed by atoms with Crippen LogP contribution in [0.1, 0.15) is 19.5 Å². The van der Waals surface area contributed by atoms with Crippen LogP contribution in [0.4, 0.5) is 5.13 Å². The minimum Gasteiger partial charge on any atom is -0.383 e. The molecule has 0 saturated heterocycles. The number of aldehydes is 1. The van der Waals surface area contributed by atoms with Crippen LogP contribution in [0.15, 0.2) is 10.5 Å². The summed E-state index contributed by atoms with van der Waals surface area (Å²) in [7, 11) is 0. The molecule has 0 aliphatic rings. The van der Waals surface area contributed by atoms with E-state index in [1.54, 1.807) is 19.2 Å². The highest BCUT2D eigenvalue weighted by atomic mass is 32.1. The molecule has 14 heavy (non-hydrogen) atoms. The van der Waals surface area contributed by atoms with Crippen molar-refractivity contribution < 1.29 is 9.63 Å². The van der Waals surface area contributed by atoms with Gasteiger partial charge in [-0.05, 0) is 13.8 Å². The molecule has 0 spiro atoms. The van der Waals surface area contributed by atoms with Crippen LogP contribution in [0.3, 0.4) is 0 Å². The Bertz CT molecular complexity index is 346. The van der Waals surface area contributed by atoms with Crippen molar-refractivity contribution in [1.82, 2.24) is 4.98 Å². The molecule has 1 aromatic heterocycles. The Balaban J connectivity index is 2.74. The molecule has 1 heterocycles. The molecule has 0 bridgehead atoms. The molecular formula is C8H11N3O2S. The van der Waals surface area contributed by atoms with Gasteiger partial charge in [-0.2, -0.15) is 0 Å². The summed E-state index contributed by atoms with van der Waals surface area (Å²) in [5.74, 6) is 0. The monoisotopic (exact) mass is 213 g/mol. The second-order valence-corrected chi connectivity index (χ2v) is 3.95. The average molecular weight is 213 g/mol. The van der Waals surface area contributed by atoms with Crippen molar-refractivity contribution in [2.24, 2.45) is 5.16 Å². The Morgan fingerprint density at radius 2 is 2.43 bits per heavy atom. The van der Waals surface area contributed by atoms with Gasteiger partial charge >= 0.3 is 0 Å². The zero-order valence-electron chi connectivity index (χ0n) is 7.93. The first-order valence-corrected chi connectivity index (χ1v) is 4.81. The predicted octanol–water partition coefficient (Wildman–Crippen LogP) is 1.16. The van der Waals surface area contributed by atoms with Crippen molar-refractivity contribution in [2.75, 3.05) is 5.73 Å². The number of hydrogen-bond acceptors (Lipinski definition) is 6. The van der Waals surface area contributed by atoms with Crippen molar-refractivity contribution in [3.63, 3.8) is 0 Å². The highest BCUT2D eigenvalue weighted by Gasteiger charge is 2.25. The Hall–Kier alpha value is -1.43. The van der Waals surface area contributed by atoms with Gasteiger partial charge in [0.05, 0.1) is 5.69 Å². The summed E-state index contributed by atoms with van der Waals surface area (Å²) in [6.45, 7) is 3.59. The zero-order chi connectivity index (χ0) is 10.6. The zero-order valence-corrected chi connectivity index (χ0v) is 8.75. The first kappa shape index (κ1) is 10.6. The summed E-state index contributed by atoms with van der Waals surface area (Å²) in [4.78, 5) is 19.1. The molecule has 0 unspecified atom stereocenters. The smallest absolute Gasteiger partial charge is 0.180 e. The van der Waals surface area contributed by atoms with Crippen LogP contribution >= 0.6 is 11.3 Å². The van der Waals surface area contributed by atoms with Crippen molar-refractivity contribution in [2.45, 2.75) is 19.4 Å². The van der Waals surface area contributed by atoms with Gasteiger partial charge in [0.1, 0.15) is 6.21 Å². The maximum absolute atomic E-state index is 9.97. The van der Waals surface area contributed by atoms with Crippen molar-refractivity contribution in [1.29, 1.82) is 0 Å². The summed E-state index contributed by atoms with van der Waals surface area (Å²) in [5.41, 5.74) is 5.51. The number of carbonyl (C=O) groups is 1. The highest BCUT2D eigenvalue weighted by molar-refractivity contribution is 7.13. The lowest BCUT2D eigenvalue weighted by molar-refractivity contribution is -0.102. The van der Waals surface area contributed by atoms with Crippen LogP contribution in [0.5, 0.6) is 0 Å². The quantitative estimate of drug-likeness (QED) is 0.462. The fraction of sp³-hybridized carbons (Fsp3) is 0.375. The molecule has 0 aliphatic heterocycles. The van der Waals surface area contributed by atoms with E-state index < -0.39 is 5.60 Å². The third-order valence-corrected chi connectivity index (χ3v) is 2.22. The van der Waals surface area contributed by atoms with Crippen LogP contribution in [0.2, 0.25) is 0 Å². The number of anilines is 1. The standard InChI is InChI=1S/C8H11N3O2S/c1-8(2,13-10-3-4-12)6-5-14-7(9)11-6/h3-5H,1-2H3,(H2,9,11). The van der Waals surface area contributed by atoms with Gasteiger partial charge in [-0.15, -0.1) is 11.3 Å². The topological polar surface area (TPSA) is 77.6 Å². The van der Waals surface area contributed by atoms with E-state index >= 15 is 0 Å². The van der Waals surface area contributed by atoms with Gasteiger partial charge < -0.3 is 10.6 Å². The largest absolute Gasteiger partial charge is 0.383 e.